The number of carbonyl (C=O) groups excluding carboxylic acids is 2. The molecule has 0 aliphatic heterocycles. The molecular weight excluding hydrogens is 450 g/mol. The number of non-ortho nitro benzene ring substituents is 1. The molecule has 3 aromatic rings. The highest BCUT2D eigenvalue weighted by molar-refractivity contribution is 7.17. The maximum atomic E-state index is 13.2. The Bertz CT molecular complexity index is 1170. The van der Waals surface area contributed by atoms with Crippen molar-refractivity contribution in [2.75, 3.05) is 10.6 Å². The lowest BCUT2D eigenvalue weighted by atomic mass is 10.0. The Kier molecular flexibility index (Phi) is 6.53. The van der Waals surface area contributed by atoms with Crippen molar-refractivity contribution in [2.24, 2.45) is 0 Å². The zero-order valence-electron chi connectivity index (χ0n) is 17.0. The summed E-state index contributed by atoms with van der Waals surface area (Å²) < 4.78 is 0. The summed E-state index contributed by atoms with van der Waals surface area (Å²) in [4.78, 5) is 37.5. The van der Waals surface area contributed by atoms with Gasteiger partial charge in [-0.2, -0.15) is 0 Å². The van der Waals surface area contributed by atoms with Crippen LogP contribution in [0.5, 0.6) is 0 Å². The van der Waals surface area contributed by atoms with E-state index in [4.69, 9.17) is 11.6 Å². The van der Waals surface area contributed by atoms with Crippen LogP contribution in [0.15, 0.2) is 48.5 Å². The number of nitrogens with one attached hydrogen (secondary N) is 2. The summed E-state index contributed by atoms with van der Waals surface area (Å²) in [5.41, 5.74) is 2.27. The number of nitrogens with zero attached hydrogens (tertiary/aromatic N) is 1. The Morgan fingerprint density at radius 1 is 0.906 bits per heavy atom. The number of thiophene rings is 1. The predicted molar refractivity (Wildman–Crippen MR) is 126 cm³/mol. The van der Waals surface area contributed by atoms with E-state index in [1.807, 2.05) is 0 Å². The third kappa shape index (κ3) is 4.81. The number of anilines is 2. The van der Waals surface area contributed by atoms with Gasteiger partial charge in [0.15, 0.2) is 0 Å². The molecule has 0 unspecified atom stereocenters. The molecule has 2 N–H and O–H groups in total. The van der Waals surface area contributed by atoms with E-state index in [0.717, 1.165) is 42.5 Å². The number of halogens is 1. The van der Waals surface area contributed by atoms with E-state index in [9.17, 15) is 19.7 Å². The normalized spacial score (nSPS) is 13.0. The third-order valence-corrected chi connectivity index (χ3v) is 6.78. The average molecular weight is 470 g/mol. The van der Waals surface area contributed by atoms with Crippen LogP contribution in [-0.2, 0) is 12.8 Å². The first-order chi connectivity index (χ1) is 15.4. The van der Waals surface area contributed by atoms with Crippen molar-refractivity contribution >= 4 is 51.1 Å². The van der Waals surface area contributed by atoms with Crippen molar-refractivity contribution in [3.63, 3.8) is 0 Å². The van der Waals surface area contributed by atoms with Gasteiger partial charge in [-0.3, -0.25) is 19.7 Å². The largest absolute Gasteiger partial charge is 0.322 e. The second-order valence-corrected chi connectivity index (χ2v) is 9.03. The molecule has 1 heterocycles. The van der Waals surface area contributed by atoms with Gasteiger partial charge in [-0.15, -0.1) is 11.3 Å². The molecule has 0 radical (unpaired) electrons. The molecule has 0 saturated carbocycles. The maximum absolute atomic E-state index is 13.2. The summed E-state index contributed by atoms with van der Waals surface area (Å²) in [6.07, 6.45) is 4.78. The lowest BCUT2D eigenvalue weighted by Gasteiger charge is -2.10. The van der Waals surface area contributed by atoms with Crippen LogP contribution in [0.4, 0.5) is 16.4 Å². The van der Waals surface area contributed by atoms with Crippen molar-refractivity contribution in [3.8, 4) is 0 Å². The van der Waals surface area contributed by atoms with Crippen molar-refractivity contribution in [3.05, 3.63) is 85.2 Å². The summed E-state index contributed by atoms with van der Waals surface area (Å²) in [6.45, 7) is 0. The van der Waals surface area contributed by atoms with E-state index in [1.165, 1.54) is 35.6 Å². The number of amides is 2. The zero-order valence-corrected chi connectivity index (χ0v) is 18.6. The fourth-order valence-corrected chi connectivity index (χ4v) is 5.12. The number of hydrogen-bond acceptors (Lipinski definition) is 5. The molecule has 4 rings (SSSR count). The van der Waals surface area contributed by atoms with E-state index in [1.54, 1.807) is 24.3 Å². The Labute approximate surface area is 193 Å². The van der Waals surface area contributed by atoms with Crippen molar-refractivity contribution in [1.29, 1.82) is 0 Å². The summed E-state index contributed by atoms with van der Waals surface area (Å²) in [7, 11) is 0. The number of nitro groups is 1. The molecule has 2 amide bonds. The van der Waals surface area contributed by atoms with Crippen LogP contribution < -0.4 is 10.6 Å². The number of carbonyl (C=O) groups is 2. The van der Waals surface area contributed by atoms with Crippen LogP contribution in [-0.4, -0.2) is 16.7 Å². The quantitative estimate of drug-likeness (QED) is 0.268. The molecular formula is C23H20ClN3O4S. The van der Waals surface area contributed by atoms with Crippen LogP contribution in [0, 0.1) is 10.1 Å². The van der Waals surface area contributed by atoms with Gasteiger partial charge in [-0.25, -0.2) is 0 Å². The molecule has 7 nitrogen and oxygen atoms in total. The summed E-state index contributed by atoms with van der Waals surface area (Å²) in [5, 5.41) is 17.7. The van der Waals surface area contributed by atoms with Gasteiger partial charge >= 0.3 is 0 Å². The molecule has 164 valence electrons. The summed E-state index contributed by atoms with van der Waals surface area (Å²) in [5.74, 6) is -0.706. The monoisotopic (exact) mass is 469 g/mol. The van der Waals surface area contributed by atoms with Gasteiger partial charge in [-0.05, 0) is 67.6 Å². The van der Waals surface area contributed by atoms with Crippen LogP contribution in [0.1, 0.15) is 50.4 Å². The Morgan fingerprint density at radius 3 is 2.28 bits per heavy atom. The Hall–Kier alpha value is -3.23. The van der Waals surface area contributed by atoms with Gasteiger partial charge in [0.05, 0.1) is 10.5 Å². The van der Waals surface area contributed by atoms with Crippen LogP contribution in [0.2, 0.25) is 5.02 Å². The number of nitro benzene ring substituents is 1. The minimum absolute atomic E-state index is 0.0904. The van der Waals surface area contributed by atoms with Crippen LogP contribution in [0.25, 0.3) is 0 Å². The molecule has 0 fully saturated rings. The first-order valence-corrected chi connectivity index (χ1v) is 11.4. The average Bonchev–Trinajstić information content (AvgIpc) is 2.95. The van der Waals surface area contributed by atoms with E-state index < -0.39 is 10.8 Å². The maximum Gasteiger partial charge on any atom is 0.269 e. The minimum Gasteiger partial charge on any atom is -0.322 e. The fraction of sp³-hybridized carbons (Fsp3) is 0.217. The zero-order chi connectivity index (χ0) is 22.7. The minimum atomic E-state index is -0.517. The van der Waals surface area contributed by atoms with Crippen LogP contribution in [0.3, 0.4) is 0 Å². The van der Waals surface area contributed by atoms with Gasteiger partial charge in [0, 0.05) is 33.3 Å². The summed E-state index contributed by atoms with van der Waals surface area (Å²) >= 11 is 7.36. The topological polar surface area (TPSA) is 101 Å². The highest BCUT2D eigenvalue weighted by Crippen LogP contribution is 2.38. The standard InChI is InChI=1S/C23H20ClN3O4S/c24-15-8-10-16(11-9-15)25-22(29)20-18-4-2-1-3-5-19(18)32-23(20)26-21(28)14-6-12-17(13-7-14)27(30)31/h6-13H,1-5H2,(H,25,29)(H,26,28). The molecule has 2 aromatic carbocycles. The molecule has 9 heteroatoms. The van der Waals surface area contributed by atoms with Gasteiger partial charge in [0.1, 0.15) is 5.00 Å². The number of rotatable bonds is 5. The second-order valence-electron chi connectivity index (χ2n) is 7.49. The van der Waals surface area contributed by atoms with Gasteiger partial charge in [0.25, 0.3) is 17.5 Å². The number of benzene rings is 2. The molecule has 0 atom stereocenters. The lowest BCUT2D eigenvalue weighted by molar-refractivity contribution is -0.384. The van der Waals surface area contributed by atoms with Crippen molar-refractivity contribution in [2.45, 2.75) is 32.1 Å². The first kappa shape index (κ1) is 22.0. The molecule has 1 aliphatic carbocycles. The molecule has 1 aromatic heterocycles. The number of fused-ring (bicyclic) bond motifs is 1. The SMILES string of the molecule is O=C(Nc1sc2c(c1C(=O)Nc1ccc(Cl)cc1)CCCCC2)c1ccc([N+](=O)[O-])cc1. The third-order valence-electron chi connectivity index (χ3n) is 5.32. The van der Waals surface area contributed by atoms with E-state index in [-0.39, 0.29) is 17.2 Å². The first-order valence-electron chi connectivity index (χ1n) is 10.2. The molecule has 0 bridgehead atoms. The smallest absolute Gasteiger partial charge is 0.269 e. The van der Waals surface area contributed by atoms with E-state index in [2.05, 4.69) is 10.6 Å². The molecule has 0 spiro atoms. The van der Waals surface area contributed by atoms with Crippen LogP contribution >= 0.6 is 22.9 Å². The van der Waals surface area contributed by atoms with E-state index in [0.29, 0.717) is 21.3 Å². The summed E-state index contributed by atoms with van der Waals surface area (Å²) in [6, 6.07) is 12.2. The lowest BCUT2D eigenvalue weighted by Crippen LogP contribution is -2.18. The van der Waals surface area contributed by atoms with Crippen molar-refractivity contribution in [1.82, 2.24) is 0 Å². The van der Waals surface area contributed by atoms with E-state index >= 15 is 0 Å². The molecule has 1 aliphatic rings. The molecule has 0 saturated heterocycles. The van der Waals surface area contributed by atoms with Crippen molar-refractivity contribution < 1.29 is 14.5 Å². The number of hydrogen-bond donors (Lipinski definition) is 2. The Balaban J connectivity index is 1.63. The fourth-order valence-electron chi connectivity index (χ4n) is 3.71. The van der Waals surface area contributed by atoms with Gasteiger partial charge in [-0.1, -0.05) is 18.0 Å². The van der Waals surface area contributed by atoms with Gasteiger partial charge < -0.3 is 10.6 Å². The van der Waals surface area contributed by atoms with Gasteiger partial charge in [0.2, 0.25) is 0 Å². The highest BCUT2D eigenvalue weighted by atomic mass is 35.5. The highest BCUT2D eigenvalue weighted by Gasteiger charge is 2.26. The number of aryl methyl sites for hydroxylation is 1. The Morgan fingerprint density at radius 2 is 1.59 bits per heavy atom. The predicted octanol–water partition coefficient (Wildman–Crippen LogP) is 6.08. The second kappa shape index (κ2) is 9.50. The molecule has 32 heavy (non-hydrogen) atoms.